The van der Waals surface area contributed by atoms with E-state index < -0.39 is 0 Å². The number of carbonyl (C=O) groups is 2. The molecule has 234 valence electrons. The summed E-state index contributed by atoms with van der Waals surface area (Å²) in [6.07, 6.45) is 4.98. The Morgan fingerprint density at radius 2 is 1.55 bits per heavy atom. The Morgan fingerprint density at radius 3 is 2.14 bits per heavy atom. The number of ether oxygens (including phenoxy) is 3. The normalized spacial score (nSPS) is 12.6. The molecule has 4 N–H and O–H groups in total. The highest BCUT2D eigenvalue weighted by atomic mass is 35.5. The van der Waals surface area contributed by atoms with Crippen LogP contribution >= 0.6 is 11.6 Å². The molecular weight excluding hydrogens is 582 g/mol. The first-order valence-electron chi connectivity index (χ1n) is 14.1. The van der Waals surface area contributed by atoms with Crippen molar-refractivity contribution in [1.82, 2.24) is 10.3 Å². The molecule has 0 radical (unpaired) electrons. The van der Waals surface area contributed by atoms with Crippen LogP contribution in [0.1, 0.15) is 18.4 Å². The number of fused-ring (bicyclic) bond motifs is 1. The predicted octanol–water partition coefficient (Wildman–Crippen LogP) is 5.81. The minimum atomic E-state index is 0.111. The molecule has 5 rings (SSSR count). The average Bonchev–Trinajstić information content (AvgIpc) is 3.06. The molecule has 44 heavy (non-hydrogen) atoms. The van der Waals surface area contributed by atoms with Crippen molar-refractivity contribution in [1.29, 1.82) is 0 Å². The number of hydrogen-bond donors (Lipinski definition) is 3. The van der Waals surface area contributed by atoms with Gasteiger partial charge in [0.2, 0.25) is 6.41 Å². The highest BCUT2D eigenvalue weighted by molar-refractivity contribution is 6.24. The number of carbonyl (C=O) groups excluding carboxylic acids is 2. The van der Waals surface area contributed by atoms with E-state index in [4.69, 9.17) is 35.4 Å². The zero-order chi connectivity index (χ0) is 31.9. The number of pyridine rings is 1. The third-order valence-corrected chi connectivity index (χ3v) is 7.23. The van der Waals surface area contributed by atoms with Crippen molar-refractivity contribution in [2.24, 2.45) is 5.73 Å². The number of aromatic nitrogens is 1. The number of nitrogens with two attached hydrogens (primary N) is 1. The Hall–Kier alpha value is -4.54. The second-order valence-electron chi connectivity index (χ2n) is 9.79. The summed E-state index contributed by atoms with van der Waals surface area (Å²) in [5.41, 5.74) is 9.24. The van der Waals surface area contributed by atoms with E-state index in [1.54, 1.807) is 20.4 Å². The number of piperidine rings is 1. The number of aldehydes is 1. The molecule has 11 heteroatoms. The molecule has 4 aromatic rings. The summed E-state index contributed by atoms with van der Waals surface area (Å²) in [6.45, 7) is 4.21. The van der Waals surface area contributed by atoms with Gasteiger partial charge < -0.3 is 40.3 Å². The van der Waals surface area contributed by atoms with Gasteiger partial charge in [-0.15, -0.1) is 11.6 Å². The van der Waals surface area contributed by atoms with Crippen LogP contribution in [-0.4, -0.2) is 64.0 Å². The van der Waals surface area contributed by atoms with Crippen LogP contribution in [-0.2, 0) is 9.59 Å². The molecule has 1 aromatic heterocycles. The van der Waals surface area contributed by atoms with Crippen LogP contribution in [0, 0.1) is 6.92 Å². The molecule has 1 amide bonds. The number of nitrogens with one attached hydrogen (secondary N) is 2. The van der Waals surface area contributed by atoms with E-state index in [2.05, 4.69) is 69.7 Å². The number of halogens is 1. The third-order valence-electron chi connectivity index (χ3n) is 7.10. The number of primary amides is 1. The van der Waals surface area contributed by atoms with Crippen LogP contribution in [0.25, 0.3) is 10.9 Å². The lowest BCUT2D eigenvalue weighted by Crippen LogP contribution is -2.41. The van der Waals surface area contributed by atoms with Crippen LogP contribution in [0.3, 0.4) is 0 Å². The van der Waals surface area contributed by atoms with E-state index in [0.717, 1.165) is 46.7 Å². The Labute approximate surface area is 263 Å². The maximum Gasteiger partial charge on any atom is 0.204 e. The van der Waals surface area contributed by atoms with Gasteiger partial charge in [0, 0.05) is 59.9 Å². The molecule has 1 aliphatic heterocycles. The van der Waals surface area contributed by atoms with Crippen LogP contribution in [0.5, 0.6) is 23.0 Å². The van der Waals surface area contributed by atoms with Gasteiger partial charge in [-0.2, -0.15) is 0 Å². The Balaban J connectivity index is 0.000000688. The summed E-state index contributed by atoms with van der Waals surface area (Å²) >= 11 is 4.82. The van der Waals surface area contributed by atoms with E-state index in [-0.39, 0.29) is 12.3 Å². The number of rotatable bonds is 9. The molecule has 0 saturated carbocycles. The van der Waals surface area contributed by atoms with E-state index in [9.17, 15) is 0 Å². The molecule has 0 atom stereocenters. The fraction of sp³-hybridized carbons (Fsp3) is 0.303. The lowest BCUT2D eigenvalue weighted by molar-refractivity contribution is -0.107. The summed E-state index contributed by atoms with van der Waals surface area (Å²) in [5.74, 6) is 2.86. The summed E-state index contributed by atoms with van der Waals surface area (Å²) in [7, 11) is 5.29. The van der Waals surface area contributed by atoms with Gasteiger partial charge in [0.1, 0.15) is 17.8 Å². The zero-order valence-electron chi connectivity index (χ0n) is 25.5. The van der Waals surface area contributed by atoms with Gasteiger partial charge in [-0.25, -0.2) is 0 Å². The minimum Gasteiger partial charge on any atom is -0.493 e. The Bertz CT molecular complexity index is 1490. The van der Waals surface area contributed by atoms with Crippen molar-refractivity contribution in [2.45, 2.75) is 25.8 Å². The summed E-state index contributed by atoms with van der Waals surface area (Å²) in [6, 6.07) is 21.1. The second kappa shape index (κ2) is 17.5. The van der Waals surface area contributed by atoms with Crippen molar-refractivity contribution >= 4 is 52.3 Å². The number of anilines is 3. The van der Waals surface area contributed by atoms with Crippen LogP contribution in [0.2, 0.25) is 0 Å². The van der Waals surface area contributed by atoms with E-state index in [0.29, 0.717) is 29.6 Å². The second-order valence-corrected chi connectivity index (χ2v) is 10.1. The largest absolute Gasteiger partial charge is 0.493 e. The van der Waals surface area contributed by atoms with E-state index >= 15 is 0 Å². The van der Waals surface area contributed by atoms with Crippen molar-refractivity contribution in [2.75, 3.05) is 50.5 Å². The van der Waals surface area contributed by atoms with Gasteiger partial charge in [0.05, 0.1) is 25.6 Å². The predicted molar refractivity (Wildman–Crippen MR) is 177 cm³/mol. The van der Waals surface area contributed by atoms with Gasteiger partial charge in [0.25, 0.3) is 0 Å². The molecule has 1 saturated heterocycles. The van der Waals surface area contributed by atoms with Crippen LogP contribution in [0.15, 0.2) is 66.9 Å². The summed E-state index contributed by atoms with van der Waals surface area (Å²) in [5, 5.41) is 7.76. The molecule has 1 aliphatic rings. The van der Waals surface area contributed by atoms with Crippen molar-refractivity contribution in [3.05, 3.63) is 72.4 Å². The van der Waals surface area contributed by atoms with Gasteiger partial charge >= 0.3 is 0 Å². The van der Waals surface area contributed by atoms with Gasteiger partial charge in [0.15, 0.2) is 11.5 Å². The number of aryl methyl sites for hydroxylation is 1. The minimum absolute atomic E-state index is 0.111. The quantitative estimate of drug-likeness (QED) is 0.157. The molecule has 1 fully saturated rings. The molecule has 0 aliphatic carbocycles. The average molecular weight is 622 g/mol. The number of alkyl halides is 1. The Kier molecular flexibility index (Phi) is 13.5. The molecule has 0 bridgehead atoms. The lowest BCUT2D eigenvalue weighted by Gasteiger charge is -2.33. The Morgan fingerprint density at radius 1 is 0.932 bits per heavy atom. The number of hydrogen-bond acceptors (Lipinski definition) is 9. The van der Waals surface area contributed by atoms with Crippen molar-refractivity contribution < 1.29 is 23.8 Å². The lowest BCUT2D eigenvalue weighted by atomic mass is 10.0. The topological polar surface area (TPSA) is 128 Å². The molecule has 0 spiro atoms. The number of amides is 1. The van der Waals surface area contributed by atoms with Gasteiger partial charge in [-0.05, 0) is 74.8 Å². The maximum atomic E-state index is 9.04. The monoisotopic (exact) mass is 621 g/mol. The maximum absolute atomic E-state index is 9.04. The first kappa shape index (κ1) is 34.0. The highest BCUT2D eigenvalue weighted by Crippen LogP contribution is 2.38. The molecule has 2 heterocycles. The van der Waals surface area contributed by atoms with Gasteiger partial charge in [-0.3, -0.25) is 9.78 Å². The van der Waals surface area contributed by atoms with Crippen LogP contribution < -0.4 is 35.5 Å². The third kappa shape index (κ3) is 9.23. The molecule has 10 nitrogen and oxygen atoms in total. The molecule has 0 unspecified atom stereocenters. The smallest absolute Gasteiger partial charge is 0.204 e. The first-order valence-corrected chi connectivity index (χ1v) is 14.7. The molecule has 3 aromatic carbocycles. The van der Waals surface area contributed by atoms with Gasteiger partial charge in [-0.1, -0.05) is 6.07 Å². The van der Waals surface area contributed by atoms with E-state index in [1.807, 2.05) is 31.2 Å². The standard InChI is InChI=1S/C30H34N4O3.C2H3ClO.CH3NO/c1-20-5-6-23(33-22-7-9-24(10-8-22)34-15-12-21(31-2)13-16-34)17-28(20)37-27-11-14-32-26-19-30(36-4)29(35-3)18-25(26)27;3-1-2-4;2-1-3/h5-11,14,17-19,21,31,33H,12-13,15-16H2,1-4H3;2H,1H2;1H,(H2,2,3). The number of benzene rings is 3. The SMILES string of the molecule is CNC1CCN(c2ccc(Nc3ccc(C)c(Oc4ccnc5cc(OC)c(OC)cc45)c3)cc2)CC1.NC=O.O=CCCl. The number of nitrogens with zero attached hydrogens (tertiary/aromatic N) is 2. The fourth-order valence-electron chi connectivity index (χ4n) is 4.79. The summed E-state index contributed by atoms with van der Waals surface area (Å²) < 4.78 is 17.3. The molecular formula is C33H40ClN5O5. The summed E-state index contributed by atoms with van der Waals surface area (Å²) in [4.78, 5) is 24.6. The van der Waals surface area contributed by atoms with E-state index in [1.165, 1.54) is 18.5 Å². The fourth-order valence-corrected chi connectivity index (χ4v) is 4.79. The number of methoxy groups -OCH3 is 2. The van der Waals surface area contributed by atoms with Crippen molar-refractivity contribution in [3.63, 3.8) is 0 Å². The van der Waals surface area contributed by atoms with Crippen LogP contribution in [0.4, 0.5) is 17.1 Å². The first-order chi connectivity index (χ1) is 21.4. The highest BCUT2D eigenvalue weighted by Gasteiger charge is 2.18. The zero-order valence-corrected chi connectivity index (χ0v) is 26.3. The van der Waals surface area contributed by atoms with Crippen molar-refractivity contribution in [3.8, 4) is 23.0 Å².